The fraction of sp³-hybridized carbons (Fsp3) is 0.273. The van der Waals surface area contributed by atoms with Crippen LogP contribution in [0.25, 0.3) is 5.57 Å². The molecule has 2 aromatic rings. The molecule has 0 fully saturated rings. The highest BCUT2D eigenvalue weighted by Gasteiger charge is 2.39. The van der Waals surface area contributed by atoms with Crippen LogP contribution in [0.2, 0.25) is 0 Å². The maximum absolute atomic E-state index is 6.42. The van der Waals surface area contributed by atoms with Gasteiger partial charge in [0, 0.05) is 11.1 Å². The average molecular weight is 301 g/mol. The van der Waals surface area contributed by atoms with E-state index in [4.69, 9.17) is 5.73 Å². The lowest BCUT2D eigenvalue weighted by molar-refractivity contribution is 0.602. The first-order valence-electron chi connectivity index (χ1n) is 8.45. The molecule has 1 nitrogen and oxygen atoms in total. The van der Waals surface area contributed by atoms with Gasteiger partial charge in [0.25, 0.3) is 0 Å². The molecule has 2 N–H and O–H groups in total. The molecule has 0 heterocycles. The highest BCUT2D eigenvalue weighted by molar-refractivity contribution is 5.88. The van der Waals surface area contributed by atoms with Crippen LogP contribution in [-0.4, -0.2) is 0 Å². The Morgan fingerprint density at radius 2 is 1.83 bits per heavy atom. The van der Waals surface area contributed by atoms with E-state index in [0.29, 0.717) is 0 Å². The Bertz CT molecular complexity index is 823. The zero-order valence-corrected chi connectivity index (χ0v) is 13.9. The number of nitrogens with two attached hydrogens (primary N) is 1. The molecule has 23 heavy (non-hydrogen) atoms. The Kier molecular flexibility index (Phi) is 3.19. The van der Waals surface area contributed by atoms with Gasteiger partial charge in [-0.2, -0.15) is 0 Å². The number of hydrogen-bond donors (Lipinski definition) is 1. The van der Waals surface area contributed by atoms with E-state index in [9.17, 15) is 0 Å². The largest absolute Gasteiger partial charge is 0.398 e. The van der Waals surface area contributed by atoms with Crippen molar-refractivity contribution in [1.82, 2.24) is 0 Å². The number of hydrogen-bond acceptors (Lipinski definition) is 1. The first kappa shape index (κ1) is 14.3. The third-order valence-electron chi connectivity index (χ3n) is 5.41. The second-order valence-corrected chi connectivity index (χ2v) is 7.18. The van der Waals surface area contributed by atoms with E-state index in [-0.39, 0.29) is 5.41 Å². The SMILES string of the molecule is CC1(C)C2=C(C=CCC2)c2ccc(N)c(Cc3ccccc3)c21. The average Bonchev–Trinajstić information content (AvgIpc) is 2.80. The van der Waals surface area contributed by atoms with Crippen LogP contribution in [-0.2, 0) is 11.8 Å². The first-order chi connectivity index (χ1) is 11.1. The molecule has 0 aromatic heterocycles. The number of nitrogen functional groups attached to an aromatic ring is 1. The Balaban J connectivity index is 1.89. The summed E-state index contributed by atoms with van der Waals surface area (Å²) in [6.45, 7) is 4.72. The fourth-order valence-corrected chi connectivity index (χ4v) is 4.31. The van der Waals surface area contributed by atoms with Crippen molar-refractivity contribution in [1.29, 1.82) is 0 Å². The molecule has 0 bridgehead atoms. The van der Waals surface area contributed by atoms with Crippen molar-refractivity contribution in [2.45, 2.75) is 38.5 Å². The van der Waals surface area contributed by atoms with Gasteiger partial charge in [0.15, 0.2) is 0 Å². The Morgan fingerprint density at radius 3 is 2.61 bits per heavy atom. The highest BCUT2D eigenvalue weighted by Crippen LogP contribution is 2.52. The van der Waals surface area contributed by atoms with Crippen molar-refractivity contribution in [2.75, 3.05) is 5.73 Å². The van der Waals surface area contributed by atoms with Crippen LogP contribution in [0, 0.1) is 0 Å². The fourth-order valence-electron chi connectivity index (χ4n) is 4.31. The molecule has 0 aliphatic heterocycles. The van der Waals surface area contributed by atoms with Gasteiger partial charge in [0.1, 0.15) is 0 Å². The Morgan fingerprint density at radius 1 is 1.04 bits per heavy atom. The van der Waals surface area contributed by atoms with Crippen LogP contribution in [0.4, 0.5) is 5.69 Å². The van der Waals surface area contributed by atoms with Crippen molar-refractivity contribution < 1.29 is 0 Å². The molecule has 0 amide bonds. The van der Waals surface area contributed by atoms with Gasteiger partial charge in [0.05, 0.1) is 0 Å². The van der Waals surface area contributed by atoms with E-state index in [0.717, 1.165) is 24.9 Å². The lowest BCUT2D eigenvalue weighted by atomic mass is 9.76. The van der Waals surface area contributed by atoms with Gasteiger partial charge >= 0.3 is 0 Å². The molecule has 0 radical (unpaired) electrons. The zero-order valence-electron chi connectivity index (χ0n) is 13.9. The van der Waals surface area contributed by atoms with Gasteiger partial charge in [0.2, 0.25) is 0 Å². The van der Waals surface area contributed by atoms with E-state index in [1.165, 1.54) is 27.8 Å². The highest BCUT2D eigenvalue weighted by atomic mass is 14.6. The van der Waals surface area contributed by atoms with Crippen LogP contribution in [0.5, 0.6) is 0 Å². The van der Waals surface area contributed by atoms with Crippen molar-refractivity contribution in [2.24, 2.45) is 0 Å². The molecule has 1 heteroatoms. The van der Waals surface area contributed by atoms with Crippen LogP contribution in [0.15, 0.2) is 60.2 Å². The molecule has 0 atom stereocenters. The summed E-state index contributed by atoms with van der Waals surface area (Å²) < 4.78 is 0. The van der Waals surface area contributed by atoms with Gasteiger partial charge in [-0.05, 0) is 53.2 Å². The number of rotatable bonds is 2. The summed E-state index contributed by atoms with van der Waals surface area (Å²) in [7, 11) is 0. The van der Waals surface area contributed by atoms with Crippen molar-refractivity contribution in [3.8, 4) is 0 Å². The number of benzene rings is 2. The maximum atomic E-state index is 6.42. The molecular weight excluding hydrogens is 278 g/mol. The lowest BCUT2D eigenvalue weighted by Gasteiger charge is -2.28. The minimum atomic E-state index is 0.0783. The van der Waals surface area contributed by atoms with Crippen molar-refractivity contribution >= 4 is 11.3 Å². The monoisotopic (exact) mass is 301 g/mol. The first-order valence-corrected chi connectivity index (χ1v) is 8.45. The maximum Gasteiger partial charge on any atom is 0.0353 e. The van der Waals surface area contributed by atoms with Crippen LogP contribution in [0.3, 0.4) is 0 Å². The minimum Gasteiger partial charge on any atom is -0.398 e. The van der Waals surface area contributed by atoms with Gasteiger partial charge in [-0.1, -0.05) is 68.0 Å². The molecule has 4 rings (SSSR count). The van der Waals surface area contributed by atoms with E-state index in [2.05, 4.69) is 68.5 Å². The van der Waals surface area contributed by atoms with Crippen LogP contribution >= 0.6 is 0 Å². The predicted molar refractivity (Wildman–Crippen MR) is 98.4 cm³/mol. The van der Waals surface area contributed by atoms with Gasteiger partial charge in [-0.15, -0.1) is 0 Å². The third-order valence-corrected chi connectivity index (χ3v) is 5.41. The van der Waals surface area contributed by atoms with Crippen LogP contribution in [0.1, 0.15) is 48.9 Å². The van der Waals surface area contributed by atoms with Crippen LogP contribution < -0.4 is 5.73 Å². The summed E-state index contributed by atoms with van der Waals surface area (Å²) in [6.07, 6.45) is 7.84. The van der Waals surface area contributed by atoms with Gasteiger partial charge < -0.3 is 5.73 Å². The summed E-state index contributed by atoms with van der Waals surface area (Å²) in [4.78, 5) is 0. The minimum absolute atomic E-state index is 0.0783. The molecule has 0 saturated heterocycles. The van der Waals surface area contributed by atoms with Crippen molar-refractivity contribution in [3.63, 3.8) is 0 Å². The van der Waals surface area contributed by atoms with Crippen molar-refractivity contribution in [3.05, 3.63) is 82.4 Å². The van der Waals surface area contributed by atoms with Gasteiger partial charge in [-0.3, -0.25) is 0 Å². The summed E-state index contributed by atoms with van der Waals surface area (Å²) >= 11 is 0. The summed E-state index contributed by atoms with van der Waals surface area (Å²) in [5.74, 6) is 0. The Hall–Kier alpha value is -2.28. The number of allylic oxidation sites excluding steroid dienone is 4. The molecular formula is C22H23N. The quantitative estimate of drug-likeness (QED) is 0.753. The van der Waals surface area contributed by atoms with E-state index < -0.39 is 0 Å². The smallest absolute Gasteiger partial charge is 0.0353 e. The van der Waals surface area contributed by atoms with E-state index >= 15 is 0 Å². The second-order valence-electron chi connectivity index (χ2n) is 7.18. The predicted octanol–water partition coefficient (Wildman–Crippen LogP) is 5.25. The molecule has 116 valence electrons. The van der Waals surface area contributed by atoms with E-state index in [1.54, 1.807) is 5.57 Å². The number of fused-ring (bicyclic) bond motifs is 2. The second kappa shape index (κ2) is 5.13. The van der Waals surface area contributed by atoms with Gasteiger partial charge in [-0.25, -0.2) is 0 Å². The normalized spacial score (nSPS) is 18.0. The molecule has 2 aliphatic rings. The Labute approximate surface area is 138 Å². The molecule has 0 spiro atoms. The summed E-state index contributed by atoms with van der Waals surface area (Å²) in [5, 5.41) is 0. The molecule has 2 aromatic carbocycles. The standard InChI is InChI=1S/C22H23N/c1-22(2)19-11-7-6-10-16(19)17-12-13-20(23)18(21(17)22)14-15-8-4-3-5-9-15/h3-6,8-10,12-13H,7,11,14,23H2,1-2H3. The number of anilines is 1. The molecule has 2 aliphatic carbocycles. The third kappa shape index (κ3) is 2.15. The zero-order chi connectivity index (χ0) is 16.0. The molecule has 0 unspecified atom stereocenters. The summed E-state index contributed by atoms with van der Waals surface area (Å²) in [6, 6.07) is 15.0. The molecule has 0 saturated carbocycles. The lowest BCUT2D eigenvalue weighted by Crippen LogP contribution is -2.20. The topological polar surface area (TPSA) is 26.0 Å². The summed E-state index contributed by atoms with van der Waals surface area (Å²) in [5.41, 5.74) is 15.9. The van der Waals surface area contributed by atoms with E-state index in [1.807, 2.05) is 0 Å².